The van der Waals surface area contributed by atoms with E-state index >= 15 is 0 Å². The highest BCUT2D eigenvalue weighted by atomic mass is 15.5. The predicted octanol–water partition coefficient (Wildman–Crippen LogP) is 2.28. The van der Waals surface area contributed by atoms with Gasteiger partial charge in [-0.25, -0.2) is 0 Å². The molecule has 0 fully saturated rings. The van der Waals surface area contributed by atoms with E-state index in [1.165, 1.54) is 0 Å². The zero-order chi connectivity index (χ0) is 12.6. The largest absolute Gasteiger partial charge is 0.313 e. The zero-order valence-electron chi connectivity index (χ0n) is 10.6. The molecule has 94 valence electrons. The van der Waals surface area contributed by atoms with Gasteiger partial charge in [-0.2, -0.15) is 9.90 Å². The first-order valence-corrected chi connectivity index (χ1v) is 6.25. The molecule has 0 spiro atoms. The first-order valence-electron chi connectivity index (χ1n) is 6.25. The first-order chi connectivity index (χ1) is 8.90. The lowest BCUT2D eigenvalue weighted by Gasteiger charge is -1.97. The van der Waals surface area contributed by atoms with Gasteiger partial charge in [0, 0.05) is 6.54 Å². The first kappa shape index (κ1) is 12.5. The van der Waals surface area contributed by atoms with Crippen molar-refractivity contribution in [3.05, 3.63) is 48.3 Å². The summed E-state index contributed by atoms with van der Waals surface area (Å²) in [6, 6.07) is 9.89. The van der Waals surface area contributed by atoms with Gasteiger partial charge >= 0.3 is 0 Å². The molecule has 4 heteroatoms. The Labute approximate surface area is 107 Å². The standard InChI is InChI=1S/C14H18N4/c1-2-10-15-11-6-7-13-12-16-18(17-13)14-8-4-3-5-9-14/h3-9,12,15H,2,10-11H2,1H3. The summed E-state index contributed by atoms with van der Waals surface area (Å²) in [5.41, 5.74) is 1.85. The highest BCUT2D eigenvalue weighted by molar-refractivity contribution is 5.43. The summed E-state index contributed by atoms with van der Waals surface area (Å²) in [4.78, 5) is 1.64. The number of benzene rings is 1. The molecule has 0 unspecified atom stereocenters. The zero-order valence-corrected chi connectivity index (χ0v) is 10.6. The molecule has 1 aromatic heterocycles. The third-order valence-electron chi connectivity index (χ3n) is 2.47. The van der Waals surface area contributed by atoms with Crippen LogP contribution in [0, 0.1) is 0 Å². The quantitative estimate of drug-likeness (QED) is 0.790. The molecule has 1 heterocycles. The van der Waals surface area contributed by atoms with E-state index in [0.29, 0.717) is 0 Å². The van der Waals surface area contributed by atoms with E-state index in [0.717, 1.165) is 30.9 Å². The number of rotatable bonds is 6. The minimum absolute atomic E-state index is 0.867. The van der Waals surface area contributed by atoms with Crippen molar-refractivity contribution in [1.29, 1.82) is 0 Å². The van der Waals surface area contributed by atoms with Crippen LogP contribution in [0.3, 0.4) is 0 Å². The summed E-state index contributed by atoms with van der Waals surface area (Å²) >= 11 is 0. The van der Waals surface area contributed by atoms with Gasteiger partial charge in [-0.1, -0.05) is 31.2 Å². The molecule has 0 aliphatic heterocycles. The van der Waals surface area contributed by atoms with Crippen molar-refractivity contribution < 1.29 is 0 Å². The van der Waals surface area contributed by atoms with E-state index in [1.54, 1.807) is 11.0 Å². The molecule has 4 nitrogen and oxygen atoms in total. The van der Waals surface area contributed by atoms with Gasteiger partial charge in [-0.05, 0) is 31.2 Å². The maximum absolute atomic E-state index is 4.39. The Kier molecular flexibility index (Phi) is 4.67. The SMILES string of the molecule is CCCNCC=Cc1cnn(-c2ccccc2)n1. The van der Waals surface area contributed by atoms with Crippen LogP contribution in [0.25, 0.3) is 11.8 Å². The molecule has 0 aliphatic carbocycles. The second kappa shape index (κ2) is 6.71. The normalized spacial score (nSPS) is 11.2. The van der Waals surface area contributed by atoms with Gasteiger partial charge in [0.25, 0.3) is 0 Å². The Morgan fingerprint density at radius 2 is 2.11 bits per heavy atom. The minimum atomic E-state index is 0.867. The molecular formula is C14H18N4. The second-order valence-corrected chi connectivity index (χ2v) is 4.00. The second-order valence-electron chi connectivity index (χ2n) is 4.00. The molecule has 2 rings (SSSR count). The maximum atomic E-state index is 4.39. The maximum Gasteiger partial charge on any atom is 0.106 e. The van der Waals surface area contributed by atoms with Crippen molar-refractivity contribution >= 4 is 6.08 Å². The van der Waals surface area contributed by atoms with Crippen molar-refractivity contribution in [2.45, 2.75) is 13.3 Å². The highest BCUT2D eigenvalue weighted by Gasteiger charge is 1.98. The molecule has 0 saturated carbocycles. The third-order valence-corrected chi connectivity index (χ3v) is 2.47. The lowest BCUT2D eigenvalue weighted by atomic mass is 10.3. The average Bonchev–Trinajstić information content (AvgIpc) is 2.88. The monoisotopic (exact) mass is 242 g/mol. The van der Waals surface area contributed by atoms with Gasteiger partial charge < -0.3 is 5.32 Å². The van der Waals surface area contributed by atoms with Gasteiger partial charge in [-0.3, -0.25) is 0 Å². The Morgan fingerprint density at radius 1 is 1.28 bits per heavy atom. The number of aromatic nitrogens is 3. The van der Waals surface area contributed by atoms with E-state index in [1.807, 2.05) is 36.4 Å². The van der Waals surface area contributed by atoms with Crippen molar-refractivity contribution in [2.75, 3.05) is 13.1 Å². The molecule has 1 N–H and O–H groups in total. The highest BCUT2D eigenvalue weighted by Crippen LogP contribution is 2.04. The fraction of sp³-hybridized carbons (Fsp3) is 0.286. The fourth-order valence-electron chi connectivity index (χ4n) is 1.58. The van der Waals surface area contributed by atoms with Gasteiger partial charge in [0.05, 0.1) is 11.9 Å². The van der Waals surface area contributed by atoms with Crippen LogP contribution in [0.1, 0.15) is 19.0 Å². The summed E-state index contributed by atoms with van der Waals surface area (Å²) in [5, 5.41) is 11.9. The van der Waals surface area contributed by atoms with Crippen molar-refractivity contribution in [3.63, 3.8) is 0 Å². The lowest BCUT2D eigenvalue weighted by molar-refractivity contribution is 0.729. The smallest absolute Gasteiger partial charge is 0.106 e. The van der Waals surface area contributed by atoms with E-state index in [-0.39, 0.29) is 0 Å². The van der Waals surface area contributed by atoms with Crippen molar-refractivity contribution in [1.82, 2.24) is 20.3 Å². The summed E-state index contributed by atoms with van der Waals surface area (Å²) < 4.78 is 0. The average molecular weight is 242 g/mol. The van der Waals surface area contributed by atoms with E-state index in [2.05, 4.69) is 28.5 Å². The number of hydrogen-bond acceptors (Lipinski definition) is 3. The minimum Gasteiger partial charge on any atom is -0.313 e. The number of nitrogens with zero attached hydrogens (tertiary/aromatic N) is 3. The molecule has 1 aromatic carbocycles. The van der Waals surface area contributed by atoms with E-state index in [9.17, 15) is 0 Å². The number of para-hydroxylation sites is 1. The number of nitrogens with one attached hydrogen (secondary N) is 1. The van der Waals surface area contributed by atoms with Crippen LogP contribution in [0.4, 0.5) is 0 Å². The summed E-state index contributed by atoms with van der Waals surface area (Å²) in [6.45, 7) is 4.06. The Morgan fingerprint density at radius 3 is 2.89 bits per heavy atom. The van der Waals surface area contributed by atoms with E-state index < -0.39 is 0 Å². The molecule has 0 radical (unpaired) electrons. The van der Waals surface area contributed by atoms with Crippen molar-refractivity contribution in [2.24, 2.45) is 0 Å². The summed E-state index contributed by atoms with van der Waals surface area (Å²) in [6.07, 6.45) is 6.96. The lowest BCUT2D eigenvalue weighted by Crippen LogP contribution is -2.13. The van der Waals surface area contributed by atoms with Crippen molar-refractivity contribution in [3.8, 4) is 5.69 Å². The molecule has 18 heavy (non-hydrogen) atoms. The third kappa shape index (κ3) is 3.53. The van der Waals surface area contributed by atoms with Crippen LogP contribution in [-0.4, -0.2) is 28.1 Å². The summed E-state index contributed by atoms with van der Waals surface area (Å²) in [7, 11) is 0. The van der Waals surface area contributed by atoms with Gasteiger partial charge in [-0.15, -0.1) is 5.10 Å². The predicted molar refractivity (Wildman–Crippen MR) is 73.6 cm³/mol. The summed E-state index contributed by atoms with van der Waals surface area (Å²) in [5.74, 6) is 0. The molecule has 0 atom stereocenters. The molecule has 0 bridgehead atoms. The fourth-order valence-corrected chi connectivity index (χ4v) is 1.58. The molecular weight excluding hydrogens is 224 g/mol. The van der Waals surface area contributed by atoms with Crippen LogP contribution in [-0.2, 0) is 0 Å². The molecule has 0 amide bonds. The molecule has 0 saturated heterocycles. The Balaban J connectivity index is 1.94. The van der Waals surface area contributed by atoms with Crippen LogP contribution in [0.2, 0.25) is 0 Å². The van der Waals surface area contributed by atoms with Crippen LogP contribution >= 0.6 is 0 Å². The Hall–Kier alpha value is -1.94. The number of hydrogen-bond donors (Lipinski definition) is 1. The van der Waals surface area contributed by atoms with E-state index in [4.69, 9.17) is 0 Å². The molecule has 0 aliphatic rings. The van der Waals surface area contributed by atoms with Gasteiger partial charge in [0.2, 0.25) is 0 Å². The topological polar surface area (TPSA) is 42.7 Å². The van der Waals surface area contributed by atoms with Gasteiger partial charge in [0.15, 0.2) is 0 Å². The van der Waals surface area contributed by atoms with Gasteiger partial charge in [0.1, 0.15) is 5.69 Å². The van der Waals surface area contributed by atoms with Crippen LogP contribution < -0.4 is 5.32 Å². The van der Waals surface area contributed by atoms with Crippen LogP contribution in [0.15, 0.2) is 42.6 Å². The Bertz CT molecular complexity index is 488. The van der Waals surface area contributed by atoms with Crippen LogP contribution in [0.5, 0.6) is 0 Å². The molecule has 2 aromatic rings.